The van der Waals surface area contributed by atoms with Crippen LogP contribution in [0.2, 0.25) is 0 Å². The number of thiophene rings is 1. The minimum absolute atomic E-state index is 0.171. The second kappa shape index (κ2) is 6.70. The molecule has 4 heteroatoms. The van der Waals surface area contributed by atoms with Crippen molar-refractivity contribution in [3.05, 3.63) is 52.2 Å². The number of aliphatic hydroxyl groups is 1. The lowest BCUT2D eigenvalue weighted by molar-refractivity contribution is 0.174. The predicted molar refractivity (Wildman–Crippen MR) is 78.7 cm³/mol. The third kappa shape index (κ3) is 3.80. The maximum atomic E-state index is 10.0. The van der Waals surface area contributed by atoms with E-state index in [2.05, 4.69) is 18.3 Å². The molecule has 19 heavy (non-hydrogen) atoms. The number of benzene rings is 1. The summed E-state index contributed by atoms with van der Waals surface area (Å²) in [5.41, 5.74) is 1.15. The summed E-state index contributed by atoms with van der Waals surface area (Å²) in [5, 5.41) is 15.3. The maximum Gasteiger partial charge on any atom is 0.119 e. The Labute approximate surface area is 117 Å². The van der Waals surface area contributed by atoms with Crippen molar-refractivity contribution in [3.8, 4) is 5.75 Å². The zero-order valence-electron chi connectivity index (χ0n) is 11.2. The number of aliphatic hydroxyl groups excluding tert-OH is 1. The van der Waals surface area contributed by atoms with Crippen LogP contribution in [-0.2, 0) is 0 Å². The van der Waals surface area contributed by atoms with Gasteiger partial charge < -0.3 is 15.2 Å². The van der Waals surface area contributed by atoms with Gasteiger partial charge in [0.05, 0.1) is 7.11 Å². The summed E-state index contributed by atoms with van der Waals surface area (Å²) >= 11 is 1.57. The van der Waals surface area contributed by atoms with Gasteiger partial charge >= 0.3 is 0 Å². The molecular formula is C15H19NO2S. The Morgan fingerprint density at radius 1 is 1.32 bits per heavy atom. The summed E-state index contributed by atoms with van der Waals surface area (Å²) in [4.78, 5) is 0.991. The van der Waals surface area contributed by atoms with Crippen LogP contribution in [0.15, 0.2) is 41.8 Å². The van der Waals surface area contributed by atoms with Crippen LogP contribution in [0, 0.1) is 0 Å². The fourth-order valence-corrected chi connectivity index (χ4v) is 2.61. The van der Waals surface area contributed by atoms with Crippen LogP contribution in [-0.4, -0.2) is 18.8 Å². The highest BCUT2D eigenvalue weighted by molar-refractivity contribution is 7.10. The molecule has 0 saturated carbocycles. The van der Waals surface area contributed by atoms with Gasteiger partial charge in [0.25, 0.3) is 0 Å². The molecule has 0 saturated heterocycles. The lowest BCUT2D eigenvalue weighted by atomic mass is 10.1. The number of hydrogen-bond donors (Lipinski definition) is 2. The lowest BCUT2D eigenvalue weighted by Gasteiger charge is -2.17. The SMILES string of the molecule is COc1cccc([C@H](C)NCC(O)c2cccs2)c1. The summed E-state index contributed by atoms with van der Waals surface area (Å²) in [6.07, 6.45) is -0.451. The van der Waals surface area contributed by atoms with Crippen molar-refractivity contribution in [2.24, 2.45) is 0 Å². The van der Waals surface area contributed by atoms with E-state index in [1.54, 1.807) is 18.4 Å². The number of rotatable bonds is 6. The molecule has 3 nitrogen and oxygen atoms in total. The van der Waals surface area contributed by atoms with Gasteiger partial charge in [0.15, 0.2) is 0 Å². The Kier molecular flexibility index (Phi) is 4.96. The molecule has 2 N–H and O–H groups in total. The van der Waals surface area contributed by atoms with E-state index in [-0.39, 0.29) is 6.04 Å². The first kappa shape index (κ1) is 14.1. The zero-order valence-corrected chi connectivity index (χ0v) is 12.0. The van der Waals surface area contributed by atoms with E-state index < -0.39 is 6.10 Å². The second-order valence-electron chi connectivity index (χ2n) is 4.44. The normalized spacial score (nSPS) is 14.1. The lowest BCUT2D eigenvalue weighted by Crippen LogP contribution is -2.24. The topological polar surface area (TPSA) is 41.5 Å². The molecule has 1 aromatic heterocycles. The molecule has 0 aliphatic rings. The van der Waals surface area contributed by atoms with Crippen molar-refractivity contribution in [1.82, 2.24) is 5.32 Å². The Hall–Kier alpha value is -1.36. The molecule has 0 amide bonds. The first-order chi connectivity index (χ1) is 9.20. The van der Waals surface area contributed by atoms with E-state index in [0.29, 0.717) is 6.54 Å². The molecule has 2 aromatic rings. The van der Waals surface area contributed by atoms with E-state index >= 15 is 0 Å². The highest BCUT2D eigenvalue weighted by Crippen LogP contribution is 2.21. The monoisotopic (exact) mass is 277 g/mol. The van der Waals surface area contributed by atoms with Crippen molar-refractivity contribution >= 4 is 11.3 Å². The van der Waals surface area contributed by atoms with Gasteiger partial charge in [-0.3, -0.25) is 0 Å². The van der Waals surface area contributed by atoms with Gasteiger partial charge in [-0.05, 0) is 36.1 Å². The zero-order chi connectivity index (χ0) is 13.7. The van der Waals surface area contributed by atoms with Gasteiger partial charge in [-0.2, -0.15) is 0 Å². The van der Waals surface area contributed by atoms with E-state index in [9.17, 15) is 5.11 Å². The standard InChI is InChI=1S/C15H19NO2S/c1-11(12-5-3-6-13(9-12)18-2)16-10-14(17)15-7-4-8-19-15/h3-9,11,14,16-17H,10H2,1-2H3/t11-,14?/m0/s1. The number of methoxy groups -OCH3 is 1. The van der Waals surface area contributed by atoms with Crippen LogP contribution in [0.3, 0.4) is 0 Å². The van der Waals surface area contributed by atoms with Gasteiger partial charge in [-0.1, -0.05) is 18.2 Å². The molecule has 0 aliphatic heterocycles. The van der Waals surface area contributed by atoms with Crippen LogP contribution >= 0.6 is 11.3 Å². The van der Waals surface area contributed by atoms with Gasteiger partial charge in [-0.15, -0.1) is 11.3 Å². The largest absolute Gasteiger partial charge is 0.497 e. The molecule has 102 valence electrons. The summed E-state index contributed by atoms with van der Waals surface area (Å²) in [6.45, 7) is 2.62. The van der Waals surface area contributed by atoms with Gasteiger partial charge in [0.1, 0.15) is 11.9 Å². The molecule has 1 aromatic carbocycles. The average molecular weight is 277 g/mol. The Bertz CT molecular complexity index is 499. The fraction of sp³-hybridized carbons (Fsp3) is 0.333. The van der Waals surface area contributed by atoms with E-state index in [0.717, 1.165) is 16.2 Å². The van der Waals surface area contributed by atoms with Crippen LogP contribution in [0.4, 0.5) is 0 Å². The molecular weight excluding hydrogens is 258 g/mol. The third-order valence-corrected chi connectivity index (χ3v) is 4.06. The highest BCUT2D eigenvalue weighted by Gasteiger charge is 2.11. The van der Waals surface area contributed by atoms with Crippen molar-refractivity contribution < 1.29 is 9.84 Å². The van der Waals surface area contributed by atoms with Crippen LogP contribution < -0.4 is 10.1 Å². The van der Waals surface area contributed by atoms with E-state index in [4.69, 9.17) is 4.74 Å². The van der Waals surface area contributed by atoms with Crippen molar-refractivity contribution in [2.75, 3.05) is 13.7 Å². The van der Waals surface area contributed by atoms with Crippen molar-refractivity contribution in [2.45, 2.75) is 19.1 Å². The molecule has 0 aliphatic carbocycles. The highest BCUT2D eigenvalue weighted by atomic mass is 32.1. The quantitative estimate of drug-likeness (QED) is 0.852. The maximum absolute atomic E-state index is 10.0. The second-order valence-corrected chi connectivity index (χ2v) is 5.42. The third-order valence-electron chi connectivity index (χ3n) is 3.08. The first-order valence-electron chi connectivity index (χ1n) is 6.29. The smallest absolute Gasteiger partial charge is 0.119 e. The Morgan fingerprint density at radius 2 is 2.16 bits per heavy atom. The summed E-state index contributed by atoms with van der Waals surface area (Å²) in [7, 11) is 1.66. The number of ether oxygens (including phenoxy) is 1. The van der Waals surface area contributed by atoms with Crippen molar-refractivity contribution in [3.63, 3.8) is 0 Å². The number of nitrogens with one attached hydrogen (secondary N) is 1. The van der Waals surface area contributed by atoms with E-state index in [1.807, 2.05) is 35.7 Å². The minimum atomic E-state index is -0.451. The molecule has 0 spiro atoms. The molecule has 1 heterocycles. The summed E-state index contributed by atoms with van der Waals surface area (Å²) in [5.74, 6) is 0.852. The summed E-state index contributed by atoms with van der Waals surface area (Å²) < 4.78 is 5.21. The minimum Gasteiger partial charge on any atom is -0.497 e. The molecule has 2 atom stereocenters. The molecule has 0 fully saturated rings. The molecule has 2 rings (SSSR count). The van der Waals surface area contributed by atoms with Gasteiger partial charge in [0, 0.05) is 17.5 Å². The van der Waals surface area contributed by atoms with Crippen LogP contribution in [0.1, 0.15) is 29.5 Å². The number of hydrogen-bond acceptors (Lipinski definition) is 4. The predicted octanol–water partition coefficient (Wildman–Crippen LogP) is 3.14. The average Bonchev–Trinajstić information content (AvgIpc) is 2.98. The van der Waals surface area contributed by atoms with Crippen LogP contribution in [0.5, 0.6) is 5.75 Å². The Balaban J connectivity index is 1.91. The molecule has 1 unspecified atom stereocenters. The van der Waals surface area contributed by atoms with Crippen LogP contribution in [0.25, 0.3) is 0 Å². The first-order valence-corrected chi connectivity index (χ1v) is 7.17. The molecule has 0 radical (unpaired) electrons. The fourth-order valence-electron chi connectivity index (χ4n) is 1.90. The van der Waals surface area contributed by atoms with E-state index in [1.165, 1.54) is 0 Å². The Morgan fingerprint density at radius 3 is 2.84 bits per heavy atom. The molecule has 0 bridgehead atoms. The van der Waals surface area contributed by atoms with Gasteiger partial charge in [-0.25, -0.2) is 0 Å². The van der Waals surface area contributed by atoms with Gasteiger partial charge in [0.2, 0.25) is 0 Å². The van der Waals surface area contributed by atoms with Crippen molar-refractivity contribution in [1.29, 1.82) is 0 Å². The summed E-state index contributed by atoms with van der Waals surface area (Å²) in [6, 6.07) is 12.0.